The number of hydrogen-bond donors (Lipinski definition) is 2. The minimum absolute atomic E-state index is 0.243. The summed E-state index contributed by atoms with van der Waals surface area (Å²) >= 11 is 0. The highest BCUT2D eigenvalue weighted by Gasteiger charge is 2.32. The van der Waals surface area contributed by atoms with Crippen LogP contribution in [0.2, 0.25) is 0 Å². The Morgan fingerprint density at radius 1 is 1.69 bits per heavy atom. The second kappa shape index (κ2) is 4.61. The molecule has 6 heteroatoms. The number of carboxylic acids is 1. The summed E-state index contributed by atoms with van der Waals surface area (Å²) in [7, 11) is 1.62. The molecule has 1 rings (SSSR count). The Morgan fingerprint density at radius 3 is 2.69 bits per heavy atom. The van der Waals surface area contributed by atoms with Crippen molar-refractivity contribution in [1.82, 2.24) is 20.1 Å². The van der Waals surface area contributed by atoms with Crippen LogP contribution < -0.4 is 5.32 Å². The minimum atomic E-state index is -1.03. The SMILES string of the molecule is CNC(C)(Cn1cnc(C(C)C)n1)C(=O)O. The maximum absolute atomic E-state index is 11.1. The molecule has 0 aromatic carbocycles. The van der Waals surface area contributed by atoms with Crippen molar-refractivity contribution >= 4 is 5.97 Å². The number of aliphatic carboxylic acids is 1. The van der Waals surface area contributed by atoms with Gasteiger partial charge in [-0.15, -0.1) is 0 Å². The summed E-state index contributed by atoms with van der Waals surface area (Å²) in [6.45, 7) is 5.85. The fourth-order valence-corrected chi connectivity index (χ4v) is 1.23. The van der Waals surface area contributed by atoms with Gasteiger partial charge in [0.25, 0.3) is 0 Å². The number of rotatable bonds is 5. The topological polar surface area (TPSA) is 80.0 Å². The number of aromatic nitrogens is 3. The molecule has 0 radical (unpaired) electrons. The fourth-order valence-electron chi connectivity index (χ4n) is 1.23. The van der Waals surface area contributed by atoms with E-state index in [1.807, 2.05) is 13.8 Å². The lowest BCUT2D eigenvalue weighted by Crippen LogP contribution is -2.50. The van der Waals surface area contributed by atoms with Crippen molar-refractivity contribution in [3.8, 4) is 0 Å². The molecule has 1 heterocycles. The lowest BCUT2D eigenvalue weighted by molar-refractivity contribution is -0.144. The number of carbonyl (C=O) groups is 1. The molecule has 0 fully saturated rings. The first kappa shape index (κ1) is 12.6. The van der Waals surface area contributed by atoms with Crippen LogP contribution in [0.4, 0.5) is 0 Å². The third kappa shape index (κ3) is 2.57. The van der Waals surface area contributed by atoms with Gasteiger partial charge in [-0.1, -0.05) is 13.8 Å². The maximum Gasteiger partial charge on any atom is 0.325 e. The van der Waals surface area contributed by atoms with Gasteiger partial charge in [0.1, 0.15) is 11.9 Å². The molecule has 0 aliphatic rings. The molecule has 0 bridgehead atoms. The highest BCUT2D eigenvalue weighted by atomic mass is 16.4. The van der Waals surface area contributed by atoms with Crippen LogP contribution in [0.15, 0.2) is 6.33 Å². The van der Waals surface area contributed by atoms with Crippen LogP contribution in [0.1, 0.15) is 32.5 Å². The van der Waals surface area contributed by atoms with E-state index in [-0.39, 0.29) is 12.5 Å². The first-order valence-electron chi connectivity index (χ1n) is 5.20. The van der Waals surface area contributed by atoms with Gasteiger partial charge in [0.2, 0.25) is 0 Å². The standard InChI is InChI=1S/C10H18N4O2/c1-7(2)8-12-6-14(13-8)5-10(3,11-4)9(15)16/h6-7,11H,5H2,1-4H3,(H,15,16). The van der Waals surface area contributed by atoms with E-state index in [1.54, 1.807) is 25.0 Å². The second-order valence-electron chi connectivity index (χ2n) is 4.34. The molecule has 0 saturated carbocycles. The molecule has 2 N–H and O–H groups in total. The molecule has 1 aromatic heterocycles. The Kier molecular flexibility index (Phi) is 3.64. The van der Waals surface area contributed by atoms with Gasteiger partial charge in [-0.05, 0) is 14.0 Å². The van der Waals surface area contributed by atoms with Crippen molar-refractivity contribution in [3.05, 3.63) is 12.2 Å². The zero-order valence-electron chi connectivity index (χ0n) is 10.1. The molecule has 0 aliphatic carbocycles. The number of nitrogens with one attached hydrogen (secondary N) is 1. The lowest BCUT2D eigenvalue weighted by atomic mass is 10.0. The molecule has 0 spiro atoms. The van der Waals surface area contributed by atoms with Gasteiger partial charge in [0, 0.05) is 5.92 Å². The second-order valence-corrected chi connectivity index (χ2v) is 4.34. The summed E-state index contributed by atoms with van der Waals surface area (Å²) in [6.07, 6.45) is 1.56. The zero-order chi connectivity index (χ0) is 12.3. The Bertz CT molecular complexity index is 375. The number of carboxylic acid groups (broad SMARTS) is 1. The molecule has 90 valence electrons. The van der Waals surface area contributed by atoms with Gasteiger partial charge in [-0.25, -0.2) is 4.98 Å². The minimum Gasteiger partial charge on any atom is -0.480 e. The van der Waals surface area contributed by atoms with Crippen LogP contribution in [-0.4, -0.2) is 38.4 Å². The van der Waals surface area contributed by atoms with E-state index in [0.717, 1.165) is 5.82 Å². The molecule has 0 saturated heterocycles. The fraction of sp³-hybridized carbons (Fsp3) is 0.700. The Labute approximate surface area is 94.7 Å². The molecule has 1 unspecified atom stereocenters. The van der Waals surface area contributed by atoms with Crippen LogP contribution >= 0.6 is 0 Å². The van der Waals surface area contributed by atoms with E-state index in [0.29, 0.717) is 0 Å². The van der Waals surface area contributed by atoms with Crippen LogP contribution in [-0.2, 0) is 11.3 Å². The first-order chi connectivity index (χ1) is 7.39. The summed E-state index contributed by atoms with van der Waals surface area (Å²) in [5.41, 5.74) is -1.03. The van der Waals surface area contributed by atoms with Gasteiger partial charge < -0.3 is 10.4 Å². The number of nitrogens with zero attached hydrogens (tertiary/aromatic N) is 3. The average molecular weight is 226 g/mol. The molecule has 16 heavy (non-hydrogen) atoms. The van der Waals surface area contributed by atoms with Crippen molar-refractivity contribution in [1.29, 1.82) is 0 Å². The highest BCUT2D eigenvalue weighted by Crippen LogP contribution is 2.10. The van der Waals surface area contributed by atoms with Crippen LogP contribution in [0.3, 0.4) is 0 Å². The van der Waals surface area contributed by atoms with Gasteiger partial charge in [-0.3, -0.25) is 9.48 Å². The third-order valence-electron chi connectivity index (χ3n) is 2.57. The van der Waals surface area contributed by atoms with Crippen molar-refractivity contribution in [2.24, 2.45) is 0 Å². The van der Waals surface area contributed by atoms with Gasteiger partial charge in [0.15, 0.2) is 5.82 Å². The summed E-state index contributed by atoms with van der Waals surface area (Å²) < 4.78 is 1.56. The van der Waals surface area contributed by atoms with Crippen LogP contribution in [0.25, 0.3) is 0 Å². The predicted octanol–water partition coefficient (Wildman–Crippen LogP) is 0.464. The highest BCUT2D eigenvalue weighted by molar-refractivity contribution is 5.78. The number of likely N-dealkylation sites (N-methyl/N-ethyl adjacent to an activating group) is 1. The van der Waals surface area contributed by atoms with Crippen molar-refractivity contribution < 1.29 is 9.90 Å². The van der Waals surface area contributed by atoms with Crippen molar-refractivity contribution in [3.63, 3.8) is 0 Å². The van der Waals surface area contributed by atoms with Crippen LogP contribution in [0, 0.1) is 0 Å². The molecule has 0 amide bonds. The van der Waals surface area contributed by atoms with E-state index >= 15 is 0 Å². The third-order valence-corrected chi connectivity index (χ3v) is 2.57. The van der Waals surface area contributed by atoms with E-state index < -0.39 is 11.5 Å². The van der Waals surface area contributed by atoms with Crippen molar-refractivity contribution in [2.45, 2.75) is 38.8 Å². The molecule has 0 aliphatic heterocycles. The van der Waals surface area contributed by atoms with Crippen LogP contribution in [0.5, 0.6) is 0 Å². The van der Waals surface area contributed by atoms with E-state index in [4.69, 9.17) is 5.11 Å². The van der Waals surface area contributed by atoms with Gasteiger partial charge in [0.05, 0.1) is 6.54 Å². The van der Waals surface area contributed by atoms with Crippen molar-refractivity contribution in [2.75, 3.05) is 7.05 Å². The summed E-state index contributed by atoms with van der Waals surface area (Å²) in [5, 5.41) is 16.1. The van der Waals surface area contributed by atoms with E-state index in [1.165, 1.54) is 0 Å². The first-order valence-corrected chi connectivity index (χ1v) is 5.20. The largest absolute Gasteiger partial charge is 0.480 e. The molecule has 1 aromatic rings. The average Bonchev–Trinajstić information content (AvgIpc) is 2.65. The summed E-state index contributed by atoms with van der Waals surface area (Å²) in [6, 6.07) is 0. The molecular weight excluding hydrogens is 208 g/mol. The Morgan fingerprint density at radius 2 is 2.31 bits per heavy atom. The smallest absolute Gasteiger partial charge is 0.325 e. The van der Waals surface area contributed by atoms with E-state index in [2.05, 4.69) is 15.4 Å². The number of hydrogen-bond acceptors (Lipinski definition) is 4. The Balaban J connectivity index is 2.82. The monoisotopic (exact) mass is 226 g/mol. The quantitative estimate of drug-likeness (QED) is 0.762. The van der Waals surface area contributed by atoms with Gasteiger partial charge >= 0.3 is 5.97 Å². The predicted molar refractivity (Wildman–Crippen MR) is 59.2 cm³/mol. The molecule has 6 nitrogen and oxygen atoms in total. The van der Waals surface area contributed by atoms with E-state index in [9.17, 15) is 4.79 Å². The molecular formula is C10H18N4O2. The molecule has 1 atom stereocenters. The summed E-state index contributed by atoms with van der Waals surface area (Å²) in [4.78, 5) is 15.2. The lowest BCUT2D eigenvalue weighted by Gasteiger charge is -2.23. The Hall–Kier alpha value is -1.43. The maximum atomic E-state index is 11.1. The zero-order valence-corrected chi connectivity index (χ0v) is 10.1. The summed E-state index contributed by atoms with van der Waals surface area (Å²) in [5.74, 6) is 0.0624. The van der Waals surface area contributed by atoms with Gasteiger partial charge in [-0.2, -0.15) is 5.10 Å². The normalized spacial score (nSPS) is 15.1.